The smallest absolute Gasteiger partial charge is 0.339 e. The molecule has 7 nitrogen and oxygen atoms in total. The average molecular weight is 399 g/mol. The Morgan fingerprint density at radius 2 is 1.69 bits per heavy atom. The molecule has 1 N–H and O–H groups in total. The van der Waals surface area contributed by atoms with Crippen LogP contribution < -0.4 is 10.1 Å². The molecule has 0 unspecified atom stereocenters. The van der Waals surface area contributed by atoms with Gasteiger partial charge in [-0.3, -0.25) is 4.79 Å². The third kappa shape index (κ3) is 5.13. The summed E-state index contributed by atoms with van der Waals surface area (Å²) >= 11 is 0. The van der Waals surface area contributed by atoms with Crippen LogP contribution in [-0.4, -0.2) is 38.2 Å². The highest BCUT2D eigenvalue weighted by molar-refractivity contribution is 6.04. The normalized spacial score (nSPS) is 11.3. The summed E-state index contributed by atoms with van der Waals surface area (Å²) in [7, 11) is 2.49. The number of rotatable bonds is 7. The summed E-state index contributed by atoms with van der Waals surface area (Å²) in [5, 5.41) is 2.68. The minimum atomic E-state index is -0.789. The van der Waals surface area contributed by atoms with Crippen LogP contribution in [0.5, 0.6) is 5.75 Å². The maximum absolute atomic E-state index is 12.9. The molecule has 29 heavy (non-hydrogen) atoms. The molecule has 0 heterocycles. The Labute approximate surface area is 170 Å². The van der Waals surface area contributed by atoms with Gasteiger partial charge in [0, 0.05) is 0 Å². The van der Waals surface area contributed by atoms with Crippen molar-refractivity contribution in [1.82, 2.24) is 0 Å². The lowest BCUT2D eigenvalue weighted by Crippen LogP contribution is -2.33. The predicted octanol–water partition coefficient (Wildman–Crippen LogP) is 3.67. The van der Waals surface area contributed by atoms with E-state index in [0.717, 1.165) is 11.1 Å². The number of anilines is 1. The van der Waals surface area contributed by atoms with Gasteiger partial charge in [-0.15, -0.1) is 0 Å². The van der Waals surface area contributed by atoms with Crippen molar-refractivity contribution in [2.24, 2.45) is 0 Å². The number of carbonyl (C=O) groups is 3. The third-order valence-electron chi connectivity index (χ3n) is 4.59. The number of hydrogen-bond donors (Lipinski definition) is 1. The molecule has 2 aromatic carbocycles. The number of methoxy groups -OCH3 is 2. The van der Waals surface area contributed by atoms with Crippen LogP contribution in [0, 0.1) is 13.8 Å². The zero-order valence-electron chi connectivity index (χ0n) is 17.2. The fourth-order valence-electron chi connectivity index (χ4n) is 2.72. The summed E-state index contributed by atoms with van der Waals surface area (Å²) in [5.74, 6) is -1.06. The molecule has 0 bridgehead atoms. The number of benzene rings is 2. The van der Waals surface area contributed by atoms with E-state index < -0.39 is 23.9 Å². The second kappa shape index (κ2) is 9.73. The number of carbonyl (C=O) groups excluding carboxylic acids is 3. The second-order valence-corrected chi connectivity index (χ2v) is 6.45. The predicted molar refractivity (Wildman–Crippen MR) is 108 cm³/mol. The van der Waals surface area contributed by atoms with E-state index in [2.05, 4.69) is 5.32 Å². The molecule has 0 aliphatic heterocycles. The number of aryl methyl sites for hydroxylation is 1. The first-order valence-corrected chi connectivity index (χ1v) is 9.16. The monoisotopic (exact) mass is 399 g/mol. The van der Waals surface area contributed by atoms with E-state index in [0.29, 0.717) is 12.2 Å². The lowest BCUT2D eigenvalue weighted by molar-refractivity contribution is -0.122. The summed E-state index contributed by atoms with van der Waals surface area (Å²) < 4.78 is 15.4. The molecule has 0 aliphatic carbocycles. The van der Waals surface area contributed by atoms with E-state index in [1.807, 2.05) is 32.9 Å². The SMILES string of the molecule is CC[C@H](Oc1cccc(C)c1C)C(=O)Nc1cc(C(=O)OC)ccc1C(=O)OC. The molecule has 0 aliphatic rings. The minimum absolute atomic E-state index is 0.120. The molecular formula is C22H25NO6. The van der Waals surface area contributed by atoms with Gasteiger partial charge in [0.25, 0.3) is 5.91 Å². The molecular weight excluding hydrogens is 374 g/mol. The largest absolute Gasteiger partial charge is 0.480 e. The van der Waals surface area contributed by atoms with E-state index in [1.54, 1.807) is 6.07 Å². The molecule has 0 radical (unpaired) electrons. The minimum Gasteiger partial charge on any atom is -0.480 e. The van der Waals surface area contributed by atoms with E-state index >= 15 is 0 Å². The van der Waals surface area contributed by atoms with Gasteiger partial charge >= 0.3 is 11.9 Å². The molecule has 0 fully saturated rings. The molecule has 1 amide bonds. The Balaban J connectivity index is 2.31. The van der Waals surface area contributed by atoms with Gasteiger partial charge in [0.1, 0.15) is 5.75 Å². The summed E-state index contributed by atoms with van der Waals surface area (Å²) in [4.78, 5) is 36.7. The lowest BCUT2D eigenvalue weighted by Gasteiger charge is -2.20. The van der Waals surface area contributed by atoms with E-state index in [4.69, 9.17) is 14.2 Å². The quantitative estimate of drug-likeness (QED) is 0.715. The van der Waals surface area contributed by atoms with Crippen LogP contribution in [0.1, 0.15) is 45.2 Å². The van der Waals surface area contributed by atoms with E-state index in [9.17, 15) is 14.4 Å². The summed E-state index contributed by atoms with van der Waals surface area (Å²) in [6.07, 6.45) is -0.383. The molecule has 2 rings (SSSR count). The van der Waals surface area contributed by atoms with Crippen LogP contribution in [0.15, 0.2) is 36.4 Å². The third-order valence-corrected chi connectivity index (χ3v) is 4.59. The van der Waals surface area contributed by atoms with Gasteiger partial charge in [-0.05, 0) is 55.7 Å². The lowest BCUT2D eigenvalue weighted by atomic mass is 10.1. The molecule has 154 valence electrons. The molecule has 2 aromatic rings. The Hall–Kier alpha value is -3.35. The summed E-state index contributed by atoms with van der Waals surface area (Å²) in [6, 6.07) is 9.83. The zero-order valence-corrected chi connectivity index (χ0v) is 17.2. The highest BCUT2D eigenvalue weighted by atomic mass is 16.5. The van der Waals surface area contributed by atoms with Gasteiger partial charge in [-0.1, -0.05) is 19.1 Å². The van der Waals surface area contributed by atoms with Crippen molar-refractivity contribution in [3.8, 4) is 5.75 Å². The zero-order chi connectivity index (χ0) is 21.6. The Kier molecular flexibility index (Phi) is 7.36. The molecule has 0 saturated heterocycles. The van der Waals surface area contributed by atoms with Crippen molar-refractivity contribution in [3.63, 3.8) is 0 Å². The number of nitrogens with one attached hydrogen (secondary N) is 1. The highest BCUT2D eigenvalue weighted by Crippen LogP contribution is 2.24. The molecule has 7 heteroatoms. The van der Waals surface area contributed by atoms with Gasteiger partial charge in [-0.25, -0.2) is 9.59 Å². The summed E-state index contributed by atoms with van der Waals surface area (Å²) in [6.45, 7) is 5.70. The van der Waals surface area contributed by atoms with Crippen molar-refractivity contribution >= 4 is 23.5 Å². The molecule has 1 atom stereocenters. The standard InChI is InChI=1S/C22H25NO6/c1-6-18(29-19-9-7-8-13(2)14(19)3)20(24)23-17-12-15(21(25)27-4)10-11-16(17)22(26)28-5/h7-12,18H,6H2,1-5H3,(H,23,24)/t18-/m0/s1. The Morgan fingerprint density at radius 1 is 1.00 bits per heavy atom. The Morgan fingerprint density at radius 3 is 2.31 bits per heavy atom. The number of hydrogen-bond acceptors (Lipinski definition) is 6. The van der Waals surface area contributed by atoms with Crippen molar-refractivity contribution in [2.75, 3.05) is 19.5 Å². The van der Waals surface area contributed by atoms with Gasteiger partial charge in [-0.2, -0.15) is 0 Å². The average Bonchev–Trinajstić information content (AvgIpc) is 2.73. The van der Waals surface area contributed by atoms with Crippen molar-refractivity contribution < 1.29 is 28.6 Å². The van der Waals surface area contributed by atoms with Gasteiger partial charge in [0.2, 0.25) is 0 Å². The van der Waals surface area contributed by atoms with Gasteiger partial charge in [0.05, 0.1) is 31.0 Å². The fourth-order valence-corrected chi connectivity index (χ4v) is 2.72. The second-order valence-electron chi connectivity index (χ2n) is 6.45. The van der Waals surface area contributed by atoms with Crippen LogP contribution in [0.3, 0.4) is 0 Å². The van der Waals surface area contributed by atoms with Crippen LogP contribution >= 0.6 is 0 Å². The van der Waals surface area contributed by atoms with Crippen molar-refractivity contribution in [2.45, 2.75) is 33.3 Å². The van der Waals surface area contributed by atoms with E-state index in [1.165, 1.54) is 32.4 Å². The van der Waals surface area contributed by atoms with Crippen molar-refractivity contribution in [3.05, 3.63) is 58.7 Å². The maximum Gasteiger partial charge on any atom is 0.339 e. The number of ether oxygens (including phenoxy) is 3. The fraction of sp³-hybridized carbons (Fsp3) is 0.318. The van der Waals surface area contributed by atoms with Gasteiger partial charge in [0.15, 0.2) is 6.10 Å². The Bertz CT molecular complexity index is 922. The first-order valence-electron chi connectivity index (χ1n) is 9.16. The van der Waals surface area contributed by atoms with Crippen LogP contribution in [0.25, 0.3) is 0 Å². The number of esters is 2. The first kappa shape index (κ1) is 21.9. The van der Waals surface area contributed by atoms with Crippen LogP contribution in [0.2, 0.25) is 0 Å². The molecule has 0 spiro atoms. The van der Waals surface area contributed by atoms with Crippen LogP contribution in [-0.2, 0) is 14.3 Å². The molecule has 0 saturated carbocycles. The maximum atomic E-state index is 12.9. The summed E-state index contributed by atoms with van der Waals surface area (Å²) in [5.41, 5.74) is 2.46. The van der Waals surface area contributed by atoms with Gasteiger partial charge < -0.3 is 19.5 Å². The number of amides is 1. The highest BCUT2D eigenvalue weighted by Gasteiger charge is 2.23. The van der Waals surface area contributed by atoms with Crippen LogP contribution in [0.4, 0.5) is 5.69 Å². The first-order chi connectivity index (χ1) is 13.8. The molecule has 0 aromatic heterocycles. The van der Waals surface area contributed by atoms with E-state index in [-0.39, 0.29) is 16.8 Å². The van der Waals surface area contributed by atoms with Crippen molar-refractivity contribution in [1.29, 1.82) is 0 Å². The topological polar surface area (TPSA) is 90.9 Å².